The zero-order valence-corrected chi connectivity index (χ0v) is 16.3. The van der Waals surface area contributed by atoms with Crippen LogP contribution in [0.4, 0.5) is 5.69 Å². The maximum absolute atomic E-state index is 12.5. The van der Waals surface area contributed by atoms with Crippen LogP contribution in [0.2, 0.25) is 5.02 Å². The lowest BCUT2D eigenvalue weighted by atomic mass is 9.85. The van der Waals surface area contributed by atoms with E-state index in [1.807, 2.05) is 24.3 Å². The van der Waals surface area contributed by atoms with Crippen molar-refractivity contribution in [2.75, 3.05) is 18.4 Å². The van der Waals surface area contributed by atoms with Crippen molar-refractivity contribution in [2.45, 2.75) is 44.3 Å². The summed E-state index contributed by atoms with van der Waals surface area (Å²) < 4.78 is 0. The van der Waals surface area contributed by atoms with E-state index in [2.05, 4.69) is 39.8 Å². The second-order valence-electron chi connectivity index (χ2n) is 7.74. The fourth-order valence-corrected chi connectivity index (χ4v) is 4.46. The minimum absolute atomic E-state index is 0.136. The van der Waals surface area contributed by atoms with Gasteiger partial charge in [-0.15, -0.1) is 0 Å². The fraction of sp³-hybridized carbons (Fsp3) is 0.409. The van der Waals surface area contributed by atoms with Crippen LogP contribution in [0, 0.1) is 0 Å². The molecule has 2 aliphatic rings. The van der Waals surface area contributed by atoms with Gasteiger partial charge in [-0.05, 0) is 49.1 Å². The van der Waals surface area contributed by atoms with Gasteiger partial charge < -0.3 is 10.6 Å². The summed E-state index contributed by atoms with van der Waals surface area (Å²) in [5.74, 6) is 0.136. The average Bonchev–Trinajstić information content (AvgIpc) is 2.84. The van der Waals surface area contributed by atoms with E-state index in [1.54, 1.807) is 0 Å². The van der Waals surface area contributed by atoms with Crippen molar-refractivity contribution in [2.24, 2.45) is 0 Å². The summed E-state index contributed by atoms with van der Waals surface area (Å²) in [7, 11) is 0. The predicted octanol–water partition coefficient (Wildman–Crippen LogP) is 4.20. The predicted molar refractivity (Wildman–Crippen MR) is 110 cm³/mol. The molecule has 1 atom stereocenters. The number of carbonyl (C=O) groups excluding carboxylic acids is 1. The van der Waals surface area contributed by atoms with Gasteiger partial charge in [0.1, 0.15) is 0 Å². The molecule has 0 aliphatic carbocycles. The van der Waals surface area contributed by atoms with Gasteiger partial charge in [0.25, 0.3) is 0 Å². The highest BCUT2D eigenvalue weighted by Crippen LogP contribution is 2.33. The van der Waals surface area contributed by atoms with Crippen molar-refractivity contribution in [1.82, 2.24) is 10.2 Å². The number of hydrogen-bond donors (Lipinski definition) is 2. The number of likely N-dealkylation sites (tertiary alicyclic amines) is 1. The molecular formula is C22H26ClN3O. The Bertz CT molecular complexity index is 825. The van der Waals surface area contributed by atoms with Crippen molar-refractivity contribution in [3.8, 4) is 0 Å². The Balaban J connectivity index is 1.52. The number of hydrogen-bond acceptors (Lipinski definition) is 3. The summed E-state index contributed by atoms with van der Waals surface area (Å²) >= 11 is 6.35. The summed E-state index contributed by atoms with van der Waals surface area (Å²) in [5, 5.41) is 7.68. The van der Waals surface area contributed by atoms with Gasteiger partial charge in [-0.2, -0.15) is 0 Å². The number of nitrogens with one attached hydrogen (secondary N) is 2. The third kappa shape index (κ3) is 4.28. The topological polar surface area (TPSA) is 44.4 Å². The van der Waals surface area contributed by atoms with E-state index in [0.29, 0.717) is 13.0 Å². The van der Waals surface area contributed by atoms with Crippen LogP contribution in [0.15, 0.2) is 48.5 Å². The van der Waals surface area contributed by atoms with E-state index in [9.17, 15) is 4.79 Å². The van der Waals surface area contributed by atoms with E-state index in [-0.39, 0.29) is 11.4 Å². The molecule has 142 valence electrons. The number of rotatable bonds is 2. The lowest BCUT2D eigenvalue weighted by molar-refractivity contribution is -0.122. The van der Waals surface area contributed by atoms with Gasteiger partial charge in [0.05, 0.1) is 0 Å². The van der Waals surface area contributed by atoms with Crippen LogP contribution in [0.5, 0.6) is 0 Å². The molecule has 27 heavy (non-hydrogen) atoms. The Hall–Kier alpha value is -2.04. The molecule has 2 heterocycles. The summed E-state index contributed by atoms with van der Waals surface area (Å²) in [6.07, 6.45) is 3.53. The Kier molecular flexibility index (Phi) is 5.37. The zero-order valence-electron chi connectivity index (χ0n) is 15.5. The molecule has 2 aromatic carbocycles. The minimum Gasteiger partial charge on any atom is -0.379 e. The largest absolute Gasteiger partial charge is 0.379 e. The van der Waals surface area contributed by atoms with Gasteiger partial charge in [-0.25, -0.2) is 0 Å². The van der Waals surface area contributed by atoms with Gasteiger partial charge >= 0.3 is 0 Å². The number of amides is 1. The van der Waals surface area contributed by atoms with E-state index < -0.39 is 0 Å². The van der Waals surface area contributed by atoms with Gasteiger partial charge in [0.2, 0.25) is 5.91 Å². The number of anilines is 1. The van der Waals surface area contributed by atoms with Crippen LogP contribution in [0.25, 0.3) is 0 Å². The van der Waals surface area contributed by atoms with Crippen LogP contribution in [-0.2, 0) is 17.9 Å². The first-order valence-electron chi connectivity index (χ1n) is 9.72. The lowest BCUT2D eigenvalue weighted by Gasteiger charge is -2.37. The fourth-order valence-electron chi connectivity index (χ4n) is 4.27. The first-order valence-corrected chi connectivity index (χ1v) is 10.1. The van der Waals surface area contributed by atoms with Crippen molar-refractivity contribution >= 4 is 23.2 Å². The SMILES string of the molecule is O=C1C[C@]2(CCCN(Cc3ccccc3Cl)CC2)Nc2ccccc2CN1. The smallest absolute Gasteiger partial charge is 0.222 e. The van der Waals surface area contributed by atoms with Crippen molar-refractivity contribution in [3.05, 3.63) is 64.7 Å². The molecule has 5 heteroatoms. The molecule has 0 bridgehead atoms. The van der Waals surface area contributed by atoms with E-state index in [1.165, 1.54) is 5.56 Å². The number of nitrogens with zero attached hydrogens (tertiary/aromatic N) is 1. The molecule has 1 saturated heterocycles. The van der Waals surface area contributed by atoms with E-state index >= 15 is 0 Å². The maximum Gasteiger partial charge on any atom is 0.222 e. The summed E-state index contributed by atoms with van der Waals surface area (Å²) in [5.41, 5.74) is 3.29. The maximum atomic E-state index is 12.5. The van der Waals surface area contributed by atoms with Gasteiger partial charge in [0.15, 0.2) is 0 Å². The molecule has 0 saturated carbocycles. The standard InChI is InChI=1S/C22H26ClN3O/c23-19-8-3-1-7-18(19)16-26-12-5-10-22(11-13-26)14-21(27)24-15-17-6-2-4-9-20(17)25-22/h1-4,6-9,25H,5,10-16H2,(H,24,27)/t22-/m1/s1. The number of para-hydroxylation sites is 1. The van der Waals surface area contributed by atoms with Crippen LogP contribution < -0.4 is 10.6 Å². The van der Waals surface area contributed by atoms with Crippen molar-refractivity contribution < 1.29 is 4.79 Å². The second-order valence-corrected chi connectivity index (χ2v) is 8.14. The zero-order chi connectivity index (χ0) is 18.7. The minimum atomic E-state index is -0.185. The quantitative estimate of drug-likeness (QED) is 0.817. The number of carbonyl (C=O) groups is 1. The van der Waals surface area contributed by atoms with Crippen molar-refractivity contribution in [1.29, 1.82) is 0 Å². The average molecular weight is 384 g/mol. The molecule has 2 aromatic rings. The molecule has 1 amide bonds. The van der Waals surface area contributed by atoms with Crippen LogP contribution in [0.1, 0.15) is 36.8 Å². The molecule has 1 spiro atoms. The first-order chi connectivity index (χ1) is 13.1. The summed E-state index contributed by atoms with van der Waals surface area (Å²) in [4.78, 5) is 14.9. The number of benzene rings is 2. The third-order valence-corrected chi connectivity index (χ3v) is 6.15. The molecule has 1 fully saturated rings. The summed E-state index contributed by atoms with van der Waals surface area (Å²) in [6.45, 7) is 3.43. The van der Waals surface area contributed by atoms with Crippen LogP contribution in [0.3, 0.4) is 0 Å². The Morgan fingerprint density at radius 2 is 1.85 bits per heavy atom. The van der Waals surface area contributed by atoms with Gasteiger partial charge in [-0.1, -0.05) is 48.0 Å². The monoisotopic (exact) mass is 383 g/mol. The van der Waals surface area contributed by atoms with Gasteiger partial charge in [0, 0.05) is 42.3 Å². The highest BCUT2D eigenvalue weighted by atomic mass is 35.5. The molecular weight excluding hydrogens is 358 g/mol. The Morgan fingerprint density at radius 1 is 1.04 bits per heavy atom. The normalized spacial score (nSPS) is 23.5. The molecule has 2 N–H and O–H groups in total. The van der Waals surface area contributed by atoms with Crippen molar-refractivity contribution in [3.63, 3.8) is 0 Å². The Labute approximate surface area is 165 Å². The molecule has 4 rings (SSSR count). The van der Waals surface area contributed by atoms with Crippen LogP contribution in [-0.4, -0.2) is 29.4 Å². The third-order valence-electron chi connectivity index (χ3n) is 5.78. The van der Waals surface area contributed by atoms with Gasteiger partial charge in [-0.3, -0.25) is 9.69 Å². The number of fused-ring (bicyclic) bond motifs is 1. The van der Waals surface area contributed by atoms with E-state index in [0.717, 1.165) is 55.2 Å². The highest BCUT2D eigenvalue weighted by molar-refractivity contribution is 6.31. The Morgan fingerprint density at radius 3 is 2.74 bits per heavy atom. The molecule has 0 unspecified atom stereocenters. The van der Waals surface area contributed by atoms with E-state index in [4.69, 9.17) is 11.6 Å². The molecule has 0 radical (unpaired) electrons. The molecule has 2 aliphatic heterocycles. The molecule has 0 aromatic heterocycles. The van der Waals surface area contributed by atoms with Crippen LogP contribution >= 0.6 is 11.6 Å². The second kappa shape index (κ2) is 7.91. The first kappa shape index (κ1) is 18.3. The summed E-state index contributed by atoms with van der Waals surface area (Å²) in [6, 6.07) is 16.4. The highest BCUT2D eigenvalue weighted by Gasteiger charge is 2.36. The lowest BCUT2D eigenvalue weighted by Crippen LogP contribution is -2.46. The number of halogens is 1. The molecule has 4 nitrogen and oxygen atoms in total.